The molecule has 1 atom stereocenters. The van der Waals surface area contributed by atoms with E-state index in [4.69, 9.17) is 14.2 Å². The number of ketones is 1. The molecule has 0 saturated carbocycles. The number of methoxy groups -OCH3 is 2. The first-order chi connectivity index (χ1) is 12.0. The van der Waals surface area contributed by atoms with Crippen LogP contribution in [0.15, 0.2) is 42.5 Å². The topological polar surface area (TPSA) is 61.8 Å². The monoisotopic (exact) mass is 342 g/mol. The van der Waals surface area contributed by atoms with Crippen LogP contribution in [0.1, 0.15) is 40.1 Å². The van der Waals surface area contributed by atoms with Gasteiger partial charge >= 0.3 is 5.97 Å². The smallest absolute Gasteiger partial charge is 0.342 e. The molecular formula is C20H22O5. The second-order valence-corrected chi connectivity index (χ2v) is 5.53. The third-order valence-electron chi connectivity index (χ3n) is 3.93. The van der Waals surface area contributed by atoms with Gasteiger partial charge in [0.2, 0.25) is 5.78 Å². The number of ether oxygens (including phenoxy) is 3. The zero-order valence-corrected chi connectivity index (χ0v) is 14.9. The van der Waals surface area contributed by atoms with Crippen molar-refractivity contribution in [2.24, 2.45) is 0 Å². The first kappa shape index (κ1) is 18.5. The number of Topliss-reactive ketones (excluding diaryl/α,β-unsaturated/α-hetero) is 1. The lowest BCUT2D eigenvalue weighted by atomic mass is 10.0. The molecule has 0 N–H and O–H groups in total. The first-order valence-electron chi connectivity index (χ1n) is 8.06. The van der Waals surface area contributed by atoms with Gasteiger partial charge < -0.3 is 14.2 Å². The van der Waals surface area contributed by atoms with E-state index >= 15 is 0 Å². The summed E-state index contributed by atoms with van der Waals surface area (Å²) in [6.07, 6.45) is 0.00259. The highest BCUT2D eigenvalue weighted by Crippen LogP contribution is 2.25. The van der Waals surface area contributed by atoms with Crippen LogP contribution < -0.4 is 9.47 Å². The maximum Gasteiger partial charge on any atom is 0.342 e. The van der Waals surface area contributed by atoms with Gasteiger partial charge in [0.1, 0.15) is 17.1 Å². The molecule has 2 aromatic carbocycles. The molecule has 0 spiro atoms. The largest absolute Gasteiger partial charge is 0.497 e. The summed E-state index contributed by atoms with van der Waals surface area (Å²) in [6.45, 7) is 3.60. The molecule has 0 aromatic heterocycles. The molecule has 0 unspecified atom stereocenters. The van der Waals surface area contributed by atoms with E-state index in [9.17, 15) is 9.59 Å². The Morgan fingerprint density at radius 3 is 2.24 bits per heavy atom. The van der Waals surface area contributed by atoms with Gasteiger partial charge in [-0.3, -0.25) is 4.79 Å². The lowest BCUT2D eigenvalue weighted by Crippen LogP contribution is -2.24. The summed E-state index contributed by atoms with van der Waals surface area (Å²) in [5, 5.41) is 0. The highest BCUT2D eigenvalue weighted by molar-refractivity contribution is 6.02. The van der Waals surface area contributed by atoms with Gasteiger partial charge in [0.05, 0.1) is 14.2 Å². The third kappa shape index (κ3) is 4.38. The van der Waals surface area contributed by atoms with E-state index in [-0.39, 0.29) is 11.3 Å². The van der Waals surface area contributed by atoms with Gasteiger partial charge in [-0.15, -0.1) is 0 Å². The molecule has 0 aliphatic heterocycles. The van der Waals surface area contributed by atoms with E-state index in [1.807, 2.05) is 19.1 Å². The van der Waals surface area contributed by atoms with Gasteiger partial charge in [0, 0.05) is 11.6 Å². The second kappa shape index (κ2) is 8.33. The van der Waals surface area contributed by atoms with Crippen molar-refractivity contribution in [2.45, 2.75) is 26.4 Å². The van der Waals surface area contributed by atoms with E-state index in [2.05, 4.69) is 0 Å². The van der Waals surface area contributed by atoms with Crippen molar-refractivity contribution in [1.82, 2.24) is 0 Å². The van der Waals surface area contributed by atoms with Crippen LogP contribution in [0.2, 0.25) is 0 Å². The van der Waals surface area contributed by atoms with Gasteiger partial charge in [0.25, 0.3) is 0 Å². The van der Waals surface area contributed by atoms with Crippen LogP contribution in [0.3, 0.4) is 0 Å². The SMILES string of the molecule is CCc1ccc(C(=O)[C@H](C)OC(=O)c2ccc(OC)cc2OC)cc1. The lowest BCUT2D eigenvalue weighted by molar-refractivity contribution is 0.0316. The van der Waals surface area contributed by atoms with Crippen LogP contribution >= 0.6 is 0 Å². The van der Waals surface area contributed by atoms with Crippen molar-refractivity contribution in [3.8, 4) is 11.5 Å². The fourth-order valence-corrected chi connectivity index (χ4v) is 2.38. The number of carbonyl (C=O) groups is 2. The molecule has 0 aliphatic carbocycles. The highest BCUT2D eigenvalue weighted by atomic mass is 16.5. The fourth-order valence-electron chi connectivity index (χ4n) is 2.38. The van der Waals surface area contributed by atoms with E-state index in [0.29, 0.717) is 17.1 Å². The quantitative estimate of drug-likeness (QED) is 0.567. The van der Waals surface area contributed by atoms with Crippen molar-refractivity contribution < 1.29 is 23.8 Å². The van der Waals surface area contributed by atoms with E-state index < -0.39 is 12.1 Å². The van der Waals surface area contributed by atoms with Crippen LogP contribution in [-0.2, 0) is 11.2 Å². The van der Waals surface area contributed by atoms with Gasteiger partial charge in [0.15, 0.2) is 6.10 Å². The molecule has 132 valence electrons. The number of rotatable bonds is 7. The van der Waals surface area contributed by atoms with Crippen molar-refractivity contribution in [2.75, 3.05) is 14.2 Å². The van der Waals surface area contributed by atoms with E-state index in [1.54, 1.807) is 37.3 Å². The van der Waals surface area contributed by atoms with E-state index in [1.165, 1.54) is 14.2 Å². The second-order valence-electron chi connectivity index (χ2n) is 5.53. The Bertz CT molecular complexity index is 749. The predicted octanol–water partition coefficient (Wildman–Crippen LogP) is 3.69. The van der Waals surface area contributed by atoms with Crippen molar-refractivity contribution in [1.29, 1.82) is 0 Å². The zero-order valence-electron chi connectivity index (χ0n) is 14.9. The average molecular weight is 342 g/mol. The Morgan fingerprint density at radius 2 is 1.68 bits per heavy atom. The molecule has 0 heterocycles. The number of benzene rings is 2. The molecule has 0 radical (unpaired) electrons. The third-order valence-corrected chi connectivity index (χ3v) is 3.93. The maximum atomic E-state index is 12.4. The van der Waals surface area contributed by atoms with Crippen molar-refractivity contribution >= 4 is 11.8 Å². The van der Waals surface area contributed by atoms with Gasteiger partial charge in [-0.2, -0.15) is 0 Å². The Labute approximate surface area is 147 Å². The Balaban J connectivity index is 2.12. The standard InChI is InChI=1S/C20H22O5/c1-5-14-6-8-15(9-7-14)19(21)13(2)25-20(22)17-11-10-16(23-3)12-18(17)24-4/h6-13H,5H2,1-4H3/t13-/m0/s1. The van der Waals surface area contributed by atoms with Crippen LogP contribution in [0.4, 0.5) is 0 Å². The molecule has 5 nitrogen and oxygen atoms in total. The van der Waals surface area contributed by atoms with Crippen LogP contribution in [0, 0.1) is 0 Å². The summed E-state index contributed by atoms with van der Waals surface area (Å²) >= 11 is 0. The van der Waals surface area contributed by atoms with Gasteiger partial charge in [-0.1, -0.05) is 31.2 Å². The zero-order chi connectivity index (χ0) is 18.4. The minimum Gasteiger partial charge on any atom is -0.497 e. The van der Waals surface area contributed by atoms with Crippen LogP contribution in [0.5, 0.6) is 11.5 Å². The molecule has 0 saturated heterocycles. The van der Waals surface area contributed by atoms with Gasteiger partial charge in [-0.05, 0) is 31.0 Å². The van der Waals surface area contributed by atoms with E-state index in [0.717, 1.165) is 12.0 Å². The average Bonchev–Trinajstić information content (AvgIpc) is 2.66. The minimum absolute atomic E-state index is 0.240. The number of aryl methyl sites for hydroxylation is 1. The van der Waals surface area contributed by atoms with Crippen molar-refractivity contribution in [3.63, 3.8) is 0 Å². The molecule has 25 heavy (non-hydrogen) atoms. The number of hydrogen-bond donors (Lipinski definition) is 0. The summed E-state index contributed by atoms with van der Waals surface area (Å²) in [6, 6.07) is 12.1. The molecular weight excluding hydrogens is 320 g/mol. The summed E-state index contributed by atoms with van der Waals surface area (Å²) in [7, 11) is 2.98. The molecule has 5 heteroatoms. The Hall–Kier alpha value is -2.82. The normalized spacial score (nSPS) is 11.5. The summed E-state index contributed by atoms with van der Waals surface area (Å²) in [5.41, 5.74) is 1.90. The maximum absolute atomic E-state index is 12.4. The molecule has 0 bridgehead atoms. The molecule has 2 rings (SSSR count). The number of hydrogen-bond acceptors (Lipinski definition) is 5. The van der Waals surface area contributed by atoms with Gasteiger partial charge in [-0.25, -0.2) is 4.79 Å². The van der Waals surface area contributed by atoms with Crippen LogP contribution in [-0.4, -0.2) is 32.1 Å². The highest BCUT2D eigenvalue weighted by Gasteiger charge is 2.22. The number of esters is 1. The minimum atomic E-state index is -0.896. The first-order valence-corrected chi connectivity index (χ1v) is 8.06. The van der Waals surface area contributed by atoms with Crippen molar-refractivity contribution in [3.05, 3.63) is 59.2 Å². The fraction of sp³-hybridized carbons (Fsp3) is 0.300. The molecule has 0 amide bonds. The summed E-state index contributed by atoms with van der Waals surface area (Å²) in [4.78, 5) is 24.8. The van der Waals surface area contributed by atoms with Crippen LogP contribution in [0.25, 0.3) is 0 Å². The molecule has 0 fully saturated rings. The Morgan fingerprint density at radius 1 is 1.00 bits per heavy atom. The summed E-state index contributed by atoms with van der Waals surface area (Å²) < 4.78 is 15.6. The number of carbonyl (C=O) groups excluding carboxylic acids is 2. The Kier molecular flexibility index (Phi) is 6.17. The molecule has 2 aromatic rings. The lowest BCUT2D eigenvalue weighted by Gasteiger charge is -2.14. The summed E-state index contributed by atoms with van der Waals surface area (Å²) in [5.74, 6) is 0.0267. The molecule has 0 aliphatic rings. The predicted molar refractivity (Wildman–Crippen MR) is 94.6 cm³/mol.